The summed E-state index contributed by atoms with van der Waals surface area (Å²) in [5.41, 5.74) is 3.80. The topological polar surface area (TPSA) is 79.8 Å². The molecule has 2 aromatic heterocycles. The fourth-order valence-corrected chi connectivity index (χ4v) is 2.80. The van der Waals surface area contributed by atoms with Crippen molar-refractivity contribution in [1.29, 1.82) is 0 Å². The molecule has 0 spiro atoms. The van der Waals surface area contributed by atoms with Crippen LogP contribution in [0.1, 0.15) is 10.4 Å². The van der Waals surface area contributed by atoms with Crippen LogP contribution in [0.15, 0.2) is 85.3 Å². The minimum absolute atomic E-state index is 0.198. The summed E-state index contributed by atoms with van der Waals surface area (Å²) in [6, 6.07) is 19.7. The lowest BCUT2D eigenvalue weighted by Gasteiger charge is -2.09. The summed E-state index contributed by atoms with van der Waals surface area (Å²) >= 11 is 5.85. The number of carbonyl (C=O) groups is 1. The van der Waals surface area contributed by atoms with E-state index in [0.717, 1.165) is 16.9 Å². The number of pyridine rings is 1. The summed E-state index contributed by atoms with van der Waals surface area (Å²) in [6.07, 6.45) is 5.15. The number of nitrogens with one attached hydrogen (secondary N) is 2. The Labute approximate surface area is 172 Å². The Morgan fingerprint density at radius 2 is 1.48 bits per heavy atom. The minimum atomic E-state index is -0.198. The fraction of sp³-hybridized carbons (Fsp3) is 0. The highest BCUT2D eigenvalue weighted by atomic mass is 35.5. The average molecular weight is 402 g/mol. The summed E-state index contributed by atoms with van der Waals surface area (Å²) in [6.45, 7) is 0. The molecule has 2 aromatic carbocycles. The van der Waals surface area contributed by atoms with E-state index in [1.54, 1.807) is 42.9 Å². The third-order valence-corrected chi connectivity index (χ3v) is 4.39. The molecule has 0 saturated heterocycles. The van der Waals surface area contributed by atoms with Crippen LogP contribution >= 0.6 is 11.6 Å². The van der Waals surface area contributed by atoms with Crippen LogP contribution in [0.2, 0.25) is 5.02 Å². The third kappa shape index (κ3) is 4.75. The van der Waals surface area contributed by atoms with Crippen molar-refractivity contribution in [3.63, 3.8) is 0 Å². The standard InChI is InChI=1S/C22H16ClN5O/c23-17-3-1-16(2-4-17)21(29)26-18-5-7-19(8-6-18)27-22-25-14-11-20(28-22)15-9-12-24-13-10-15/h1-14H,(H,26,29)(H,25,27,28). The number of nitrogens with zero attached hydrogens (tertiary/aromatic N) is 3. The van der Waals surface area contributed by atoms with E-state index in [0.29, 0.717) is 22.2 Å². The molecular formula is C22H16ClN5O. The van der Waals surface area contributed by atoms with E-state index in [9.17, 15) is 4.79 Å². The fourth-order valence-electron chi connectivity index (χ4n) is 2.67. The van der Waals surface area contributed by atoms with Crippen LogP contribution in [0, 0.1) is 0 Å². The second-order valence-corrected chi connectivity index (χ2v) is 6.60. The van der Waals surface area contributed by atoms with Crippen LogP contribution in [-0.2, 0) is 0 Å². The number of hydrogen-bond acceptors (Lipinski definition) is 5. The monoisotopic (exact) mass is 401 g/mol. The molecule has 6 nitrogen and oxygen atoms in total. The van der Waals surface area contributed by atoms with Gasteiger partial charge in [0.15, 0.2) is 0 Å². The van der Waals surface area contributed by atoms with Crippen LogP contribution < -0.4 is 10.6 Å². The number of benzene rings is 2. The lowest BCUT2D eigenvalue weighted by atomic mass is 10.2. The minimum Gasteiger partial charge on any atom is -0.324 e. The quantitative estimate of drug-likeness (QED) is 0.481. The number of amides is 1. The summed E-state index contributed by atoms with van der Waals surface area (Å²) < 4.78 is 0. The Bertz CT molecular complexity index is 1120. The van der Waals surface area contributed by atoms with E-state index in [1.165, 1.54) is 0 Å². The van der Waals surface area contributed by atoms with Gasteiger partial charge >= 0.3 is 0 Å². The number of halogens is 1. The molecule has 142 valence electrons. The van der Waals surface area contributed by atoms with E-state index in [4.69, 9.17) is 11.6 Å². The van der Waals surface area contributed by atoms with Crippen molar-refractivity contribution in [2.45, 2.75) is 0 Å². The molecular weight excluding hydrogens is 386 g/mol. The first-order chi connectivity index (χ1) is 14.2. The summed E-state index contributed by atoms with van der Waals surface area (Å²) in [4.78, 5) is 25.1. The van der Waals surface area contributed by atoms with E-state index >= 15 is 0 Å². The van der Waals surface area contributed by atoms with Crippen LogP contribution in [0.4, 0.5) is 17.3 Å². The van der Waals surface area contributed by atoms with E-state index in [1.807, 2.05) is 42.5 Å². The molecule has 0 atom stereocenters. The summed E-state index contributed by atoms with van der Waals surface area (Å²) in [7, 11) is 0. The van der Waals surface area contributed by atoms with Crippen molar-refractivity contribution in [2.75, 3.05) is 10.6 Å². The number of hydrogen-bond donors (Lipinski definition) is 2. The van der Waals surface area contributed by atoms with Crippen molar-refractivity contribution in [3.8, 4) is 11.3 Å². The zero-order valence-corrected chi connectivity index (χ0v) is 16.0. The molecule has 1 amide bonds. The van der Waals surface area contributed by atoms with E-state index in [2.05, 4.69) is 25.6 Å². The third-order valence-electron chi connectivity index (χ3n) is 4.14. The number of aromatic nitrogens is 3. The number of anilines is 3. The van der Waals surface area contributed by atoms with E-state index in [-0.39, 0.29) is 5.91 Å². The van der Waals surface area contributed by atoms with Crippen molar-refractivity contribution in [1.82, 2.24) is 15.0 Å². The molecule has 0 bridgehead atoms. The molecule has 2 N–H and O–H groups in total. The van der Waals surface area contributed by atoms with Gasteiger partial charge in [-0.15, -0.1) is 0 Å². The molecule has 4 rings (SSSR count). The van der Waals surface area contributed by atoms with Gasteiger partial charge in [-0.1, -0.05) is 11.6 Å². The Morgan fingerprint density at radius 1 is 0.793 bits per heavy atom. The van der Waals surface area contributed by atoms with Gasteiger partial charge in [-0.25, -0.2) is 9.97 Å². The Kier molecular flexibility index (Phi) is 5.45. The van der Waals surface area contributed by atoms with Gasteiger partial charge in [0.1, 0.15) is 0 Å². The first kappa shape index (κ1) is 18.6. The van der Waals surface area contributed by atoms with Gasteiger partial charge in [-0.2, -0.15) is 0 Å². The molecule has 4 aromatic rings. The predicted molar refractivity (Wildman–Crippen MR) is 114 cm³/mol. The molecule has 2 heterocycles. The first-order valence-corrected chi connectivity index (χ1v) is 9.23. The van der Waals surface area contributed by atoms with Crippen LogP contribution in [0.25, 0.3) is 11.3 Å². The highest BCUT2D eigenvalue weighted by Gasteiger charge is 2.07. The van der Waals surface area contributed by atoms with Crippen LogP contribution in [-0.4, -0.2) is 20.9 Å². The zero-order chi connectivity index (χ0) is 20.1. The van der Waals surface area contributed by atoms with Gasteiger partial charge in [0.2, 0.25) is 5.95 Å². The van der Waals surface area contributed by atoms with Gasteiger partial charge in [0.05, 0.1) is 5.69 Å². The lowest BCUT2D eigenvalue weighted by Crippen LogP contribution is -2.11. The molecule has 7 heteroatoms. The highest BCUT2D eigenvalue weighted by molar-refractivity contribution is 6.30. The predicted octanol–water partition coefficient (Wildman–Crippen LogP) is 5.19. The SMILES string of the molecule is O=C(Nc1ccc(Nc2nccc(-c3ccncc3)n2)cc1)c1ccc(Cl)cc1. The Balaban J connectivity index is 1.43. The molecule has 0 aliphatic heterocycles. The van der Waals surface area contributed by atoms with Crippen molar-refractivity contribution >= 4 is 34.8 Å². The zero-order valence-electron chi connectivity index (χ0n) is 15.2. The Morgan fingerprint density at radius 3 is 2.21 bits per heavy atom. The molecule has 0 aliphatic rings. The van der Waals surface area contributed by atoms with Crippen molar-refractivity contribution < 1.29 is 4.79 Å². The maximum Gasteiger partial charge on any atom is 0.255 e. The molecule has 0 fully saturated rings. The molecule has 0 saturated carbocycles. The number of rotatable bonds is 5. The maximum absolute atomic E-state index is 12.3. The smallest absolute Gasteiger partial charge is 0.255 e. The normalized spacial score (nSPS) is 10.4. The number of carbonyl (C=O) groups excluding carboxylic acids is 1. The lowest BCUT2D eigenvalue weighted by molar-refractivity contribution is 0.102. The maximum atomic E-state index is 12.3. The Hall–Kier alpha value is -3.77. The van der Waals surface area contributed by atoms with Crippen molar-refractivity contribution in [2.24, 2.45) is 0 Å². The summed E-state index contributed by atoms with van der Waals surface area (Å²) in [5.74, 6) is 0.285. The average Bonchev–Trinajstić information content (AvgIpc) is 2.76. The second-order valence-electron chi connectivity index (χ2n) is 6.16. The molecule has 29 heavy (non-hydrogen) atoms. The van der Waals surface area contributed by atoms with E-state index < -0.39 is 0 Å². The van der Waals surface area contributed by atoms with Crippen molar-refractivity contribution in [3.05, 3.63) is 95.9 Å². The van der Waals surface area contributed by atoms with Gasteiger partial charge in [-0.3, -0.25) is 9.78 Å². The first-order valence-electron chi connectivity index (χ1n) is 8.85. The summed E-state index contributed by atoms with van der Waals surface area (Å²) in [5, 5.41) is 6.61. The molecule has 0 radical (unpaired) electrons. The highest BCUT2D eigenvalue weighted by Crippen LogP contribution is 2.20. The van der Waals surface area contributed by atoms with Crippen LogP contribution in [0.5, 0.6) is 0 Å². The van der Waals surface area contributed by atoms with Gasteiger partial charge in [0, 0.05) is 46.1 Å². The second kappa shape index (κ2) is 8.50. The van der Waals surface area contributed by atoms with Gasteiger partial charge in [0.25, 0.3) is 5.91 Å². The molecule has 0 unspecified atom stereocenters. The van der Waals surface area contributed by atoms with Gasteiger partial charge < -0.3 is 10.6 Å². The van der Waals surface area contributed by atoms with Crippen LogP contribution in [0.3, 0.4) is 0 Å². The molecule has 0 aliphatic carbocycles. The van der Waals surface area contributed by atoms with Gasteiger partial charge in [-0.05, 0) is 66.7 Å². The largest absolute Gasteiger partial charge is 0.324 e.